The largest absolute Gasteiger partial charge is 0.497 e. The highest BCUT2D eigenvalue weighted by atomic mass is 16.5. The van der Waals surface area contributed by atoms with Crippen LogP contribution in [-0.2, 0) is 4.79 Å². The molecule has 144 valence electrons. The molecule has 1 N–H and O–H groups in total. The van der Waals surface area contributed by atoms with Gasteiger partial charge in [-0.05, 0) is 25.0 Å². The molecule has 0 spiro atoms. The van der Waals surface area contributed by atoms with Crippen molar-refractivity contribution >= 4 is 17.6 Å². The van der Waals surface area contributed by atoms with Gasteiger partial charge in [-0.1, -0.05) is 41.6 Å². The number of carbonyl (C=O) groups is 1. The van der Waals surface area contributed by atoms with Crippen LogP contribution in [0, 0.1) is 5.92 Å². The van der Waals surface area contributed by atoms with E-state index in [1.807, 2.05) is 59.5 Å². The molecule has 0 unspecified atom stereocenters. The second-order valence-corrected chi connectivity index (χ2v) is 6.75. The number of carbonyl (C=O) groups excluding carboxylic acids is 1. The molecular weight excluding hydrogens is 356 g/mol. The lowest BCUT2D eigenvalue weighted by atomic mass is 9.96. The Labute approximate surface area is 163 Å². The molecule has 1 saturated heterocycles. The van der Waals surface area contributed by atoms with Gasteiger partial charge < -0.3 is 19.5 Å². The van der Waals surface area contributed by atoms with E-state index >= 15 is 0 Å². The van der Waals surface area contributed by atoms with Gasteiger partial charge in [0.05, 0.1) is 7.11 Å². The van der Waals surface area contributed by atoms with Crippen LogP contribution in [-0.4, -0.2) is 36.2 Å². The van der Waals surface area contributed by atoms with Gasteiger partial charge in [-0.2, -0.15) is 4.98 Å². The average molecular weight is 378 g/mol. The van der Waals surface area contributed by atoms with Gasteiger partial charge >= 0.3 is 6.01 Å². The molecule has 7 nitrogen and oxygen atoms in total. The molecule has 28 heavy (non-hydrogen) atoms. The molecule has 0 atom stereocenters. The van der Waals surface area contributed by atoms with Crippen LogP contribution in [0.25, 0.3) is 11.4 Å². The van der Waals surface area contributed by atoms with Gasteiger partial charge in [-0.3, -0.25) is 4.79 Å². The van der Waals surface area contributed by atoms with Gasteiger partial charge in [0.1, 0.15) is 5.75 Å². The summed E-state index contributed by atoms with van der Waals surface area (Å²) in [7, 11) is 1.61. The minimum atomic E-state index is -0.0426. The summed E-state index contributed by atoms with van der Waals surface area (Å²) in [6, 6.07) is 17.6. The van der Waals surface area contributed by atoms with Crippen molar-refractivity contribution in [2.24, 2.45) is 5.92 Å². The zero-order valence-corrected chi connectivity index (χ0v) is 15.7. The Balaban J connectivity index is 1.34. The highest BCUT2D eigenvalue weighted by Gasteiger charge is 2.27. The SMILES string of the molecule is COc1cccc(NC(=O)C2CCN(c3nc(-c4ccccc4)no3)CC2)c1. The number of rotatable bonds is 5. The van der Waals surface area contributed by atoms with Crippen molar-refractivity contribution in [3.05, 3.63) is 54.6 Å². The molecule has 2 aromatic carbocycles. The predicted molar refractivity (Wildman–Crippen MR) is 106 cm³/mol. The van der Waals surface area contributed by atoms with Crippen LogP contribution in [0.4, 0.5) is 11.7 Å². The van der Waals surface area contributed by atoms with Crippen LogP contribution < -0.4 is 15.0 Å². The number of anilines is 2. The normalized spacial score (nSPS) is 14.7. The lowest BCUT2D eigenvalue weighted by Crippen LogP contribution is -2.38. The zero-order valence-electron chi connectivity index (χ0n) is 15.7. The van der Waals surface area contributed by atoms with E-state index in [4.69, 9.17) is 9.26 Å². The molecule has 4 rings (SSSR count). The summed E-state index contributed by atoms with van der Waals surface area (Å²) < 4.78 is 10.6. The van der Waals surface area contributed by atoms with Crippen LogP contribution in [0.3, 0.4) is 0 Å². The topological polar surface area (TPSA) is 80.5 Å². The molecule has 1 aliphatic rings. The zero-order chi connectivity index (χ0) is 19.3. The number of hydrogen-bond donors (Lipinski definition) is 1. The van der Waals surface area contributed by atoms with E-state index in [1.165, 1.54) is 0 Å². The monoisotopic (exact) mass is 378 g/mol. The summed E-state index contributed by atoms with van der Waals surface area (Å²) >= 11 is 0. The van der Waals surface area contributed by atoms with Crippen molar-refractivity contribution in [1.82, 2.24) is 10.1 Å². The standard InChI is InChI=1S/C21H22N4O3/c1-27-18-9-5-8-17(14-18)22-20(26)16-10-12-25(13-11-16)21-23-19(24-28-21)15-6-3-2-4-7-15/h2-9,14,16H,10-13H2,1H3,(H,22,26). The Morgan fingerprint density at radius 2 is 1.93 bits per heavy atom. The maximum absolute atomic E-state index is 12.6. The van der Waals surface area contributed by atoms with Gasteiger partial charge in [0.15, 0.2) is 0 Å². The molecule has 7 heteroatoms. The Hall–Kier alpha value is -3.35. The lowest BCUT2D eigenvalue weighted by Gasteiger charge is -2.29. The van der Waals surface area contributed by atoms with Crippen LogP contribution in [0.2, 0.25) is 0 Å². The Morgan fingerprint density at radius 3 is 2.68 bits per heavy atom. The van der Waals surface area contributed by atoms with Crippen molar-refractivity contribution in [3.63, 3.8) is 0 Å². The van der Waals surface area contributed by atoms with Gasteiger partial charge in [0.2, 0.25) is 11.7 Å². The first-order valence-electron chi connectivity index (χ1n) is 9.32. The Morgan fingerprint density at radius 1 is 1.14 bits per heavy atom. The molecule has 1 aromatic heterocycles. The maximum atomic E-state index is 12.6. The molecule has 2 heterocycles. The van der Waals surface area contributed by atoms with Gasteiger partial charge in [0, 0.05) is 36.3 Å². The van der Waals surface area contributed by atoms with Crippen molar-refractivity contribution in [3.8, 4) is 17.1 Å². The van der Waals surface area contributed by atoms with E-state index in [-0.39, 0.29) is 11.8 Å². The Kier molecular flexibility index (Phi) is 5.23. The number of hydrogen-bond acceptors (Lipinski definition) is 6. The minimum Gasteiger partial charge on any atom is -0.497 e. The molecule has 3 aromatic rings. The van der Waals surface area contributed by atoms with Crippen molar-refractivity contribution < 1.29 is 14.1 Å². The van der Waals surface area contributed by atoms with Gasteiger partial charge in [-0.15, -0.1) is 0 Å². The number of aromatic nitrogens is 2. The summed E-state index contributed by atoms with van der Waals surface area (Å²) in [4.78, 5) is 19.1. The van der Waals surface area contributed by atoms with Gasteiger partial charge in [0.25, 0.3) is 0 Å². The molecule has 1 aliphatic heterocycles. The van der Waals surface area contributed by atoms with Gasteiger partial charge in [-0.25, -0.2) is 0 Å². The number of piperidine rings is 1. The number of methoxy groups -OCH3 is 1. The first-order chi connectivity index (χ1) is 13.7. The van der Waals surface area contributed by atoms with Crippen LogP contribution in [0.5, 0.6) is 5.75 Å². The van der Waals surface area contributed by atoms with E-state index < -0.39 is 0 Å². The predicted octanol–water partition coefficient (Wildman–Crippen LogP) is 3.60. The highest BCUT2D eigenvalue weighted by molar-refractivity contribution is 5.92. The highest BCUT2D eigenvalue weighted by Crippen LogP contribution is 2.26. The first-order valence-corrected chi connectivity index (χ1v) is 9.32. The smallest absolute Gasteiger partial charge is 0.324 e. The lowest BCUT2D eigenvalue weighted by molar-refractivity contribution is -0.120. The minimum absolute atomic E-state index is 0.0309. The molecule has 1 fully saturated rings. The fourth-order valence-corrected chi connectivity index (χ4v) is 3.33. The van der Waals surface area contributed by atoms with Crippen LogP contribution in [0.1, 0.15) is 12.8 Å². The Bertz CT molecular complexity index is 934. The second kappa shape index (κ2) is 8.12. The maximum Gasteiger partial charge on any atom is 0.324 e. The van der Waals surface area contributed by atoms with E-state index in [9.17, 15) is 4.79 Å². The fraction of sp³-hybridized carbons (Fsp3) is 0.286. The third-order valence-corrected chi connectivity index (χ3v) is 4.92. The molecule has 0 saturated carbocycles. The third-order valence-electron chi connectivity index (χ3n) is 4.92. The summed E-state index contributed by atoms with van der Waals surface area (Å²) in [5, 5.41) is 7.05. The van der Waals surface area contributed by atoms with E-state index in [2.05, 4.69) is 15.5 Å². The van der Waals surface area contributed by atoms with E-state index in [0.29, 0.717) is 24.9 Å². The number of nitrogens with zero attached hydrogens (tertiary/aromatic N) is 3. The summed E-state index contributed by atoms with van der Waals surface area (Å²) in [5.74, 6) is 1.29. The van der Waals surface area contributed by atoms with Crippen molar-refractivity contribution in [2.75, 3.05) is 30.4 Å². The van der Waals surface area contributed by atoms with Crippen molar-refractivity contribution in [1.29, 1.82) is 0 Å². The van der Waals surface area contributed by atoms with E-state index in [1.54, 1.807) is 7.11 Å². The van der Waals surface area contributed by atoms with Crippen LogP contribution >= 0.6 is 0 Å². The number of benzene rings is 2. The number of nitrogens with one attached hydrogen (secondary N) is 1. The second-order valence-electron chi connectivity index (χ2n) is 6.75. The summed E-state index contributed by atoms with van der Waals surface area (Å²) in [6.45, 7) is 1.40. The summed E-state index contributed by atoms with van der Waals surface area (Å²) in [6.07, 6.45) is 1.47. The molecule has 1 amide bonds. The fourth-order valence-electron chi connectivity index (χ4n) is 3.33. The number of amides is 1. The quantitative estimate of drug-likeness (QED) is 0.731. The van der Waals surface area contributed by atoms with Crippen molar-refractivity contribution in [2.45, 2.75) is 12.8 Å². The molecule has 0 radical (unpaired) electrons. The van der Waals surface area contributed by atoms with E-state index in [0.717, 1.165) is 29.8 Å². The number of ether oxygens (including phenoxy) is 1. The molecule has 0 bridgehead atoms. The average Bonchev–Trinajstić information content (AvgIpc) is 3.25. The first kappa shape index (κ1) is 18.0. The molecule has 0 aliphatic carbocycles. The summed E-state index contributed by atoms with van der Waals surface area (Å²) in [5.41, 5.74) is 1.67. The molecular formula is C21H22N4O3. The third kappa shape index (κ3) is 3.98. The van der Waals surface area contributed by atoms with Crippen LogP contribution in [0.15, 0.2) is 59.1 Å².